The zero-order valence-corrected chi connectivity index (χ0v) is 15.3. The number of aromatic nitrogens is 2. The van der Waals surface area contributed by atoms with Crippen molar-refractivity contribution in [3.63, 3.8) is 0 Å². The molecule has 4 rings (SSSR count). The summed E-state index contributed by atoms with van der Waals surface area (Å²) in [4.78, 5) is 30.8. The lowest BCUT2D eigenvalue weighted by atomic mass is 9.69. The van der Waals surface area contributed by atoms with Crippen LogP contribution in [-0.2, 0) is 5.41 Å². The number of hydrogen-bond acceptors (Lipinski definition) is 4. The zero-order chi connectivity index (χ0) is 20.4. The monoisotopic (exact) mass is 386 g/mol. The molecule has 144 valence electrons. The molecule has 0 aliphatic carbocycles. The summed E-state index contributed by atoms with van der Waals surface area (Å²) in [7, 11) is 0. The van der Waals surface area contributed by atoms with Gasteiger partial charge in [-0.05, 0) is 35.4 Å². The van der Waals surface area contributed by atoms with Crippen LogP contribution in [0.2, 0.25) is 0 Å². The average molecular weight is 386 g/mol. The van der Waals surface area contributed by atoms with Crippen molar-refractivity contribution in [1.82, 2.24) is 9.97 Å². The predicted octanol–water partition coefficient (Wildman–Crippen LogP) is 2.86. The summed E-state index contributed by atoms with van der Waals surface area (Å²) >= 11 is 0. The van der Waals surface area contributed by atoms with E-state index in [-0.39, 0.29) is 22.4 Å². The second-order valence-electron chi connectivity index (χ2n) is 6.72. The van der Waals surface area contributed by atoms with E-state index in [0.29, 0.717) is 22.5 Å². The van der Waals surface area contributed by atoms with Crippen molar-refractivity contribution in [1.29, 1.82) is 0 Å². The molecule has 0 bridgehead atoms. The third-order valence-corrected chi connectivity index (χ3v) is 4.95. The van der Waals surface area contributed by atoms with Crippen LogP contribution in [0, 0.1) is 0 Å². The first-order valence-corrected chi connectivity index (χ1v) is 8.97. The van der Waals surface area contributed by atoms with Crippen LogP contribution in [0.1, 0.15) is 22.5 Å². The number of aromatic hydroxyl groups is 2. The quantitative estimate of drug-likeness (QED) is 0.433. The molecule has 0 unspecified atom stereocenters. The summed E-state index contributed by atoms with van der Waals surface area (Å²) in [5.41, 5.74) is 1.00. The molecular formula is C23H18N2O4. The molecule has 0 amide bonds. The summed E-state index contributed by atoms with van der Waals surface area (Å²) in [6.45, 7) is 0. The van der Waals surface area contributed by atoms with E-state index in [1.165, 1.54) is 24.3 Å². The molecule has 0 radical (unpaired) electrons. The van der Waals surface area contributed by atoms with E-state index < -0.39 is 5.41 Å². The topological polar surface area (TPSA) is 106 Å². The molecule has 6 heteroatoms. The normalized spacial score (nSPS) is 11.3. The molecule has 0 fully saturated rings. The maximum Gasteiger partial charge on any atom is 0.181 e. The fraction of sp³-hybridized carbons (Fsp3) is 0.0435. The summed E-state index contributed by atoms with van der Waals surface area (Å²) in [5, 5.41) is 19.6. The Kier molecular flexibility index (Phi) is 4.52. The van der Waals surface area contributed by atoms with E-state index in [1.54, 1.807) is 60.9 Å². The van der Waals surface area contributed by atoms with Crippen LogP contribution in [0.4, 0.5) is 0 Å². The van der Waals surface area contributed by atoms with Crippen LogP contribution in [0.25, 0.3) is 0 Å². The standard InChI is InChI=1S/C23H18N2O4/c26-17-5-1-15(2-6-17)23(16-3-7-18(27)8-4-16,21-13-19(28)9-11-24-21)22-14-20(29)10-12-25-22/h1-14,26-27H,(H,24,28)(H,25,29). The Morgan fingerprint density at radius 1 is 0.586 bits per heavy atom. The van der Waals surface area contributed by atoms with Crippen molar-refractivity contribution >= 4 is 0 Å². The number of benzene rings is 2. The predicted molar refractivity (Wildman–Crippen MR) is 109 cm³/mol. The van der Waals surface area contributed by atoms with Gasteiger partial charge >= 0.3 is 0 Å². The first-order valence-electron chi connectivity index (χ1n) is 8.97. The maximum atomic E-state index is 12.2. The minimum atomic E-state index is -1.09. The Morgan fingerprint density at radius 3 is 1.31 bits per heavy atom. The van der Waals surface area contributed by atoms with Crippen LogP contribution in [0.15, 0.2) is 94.8 Å². The highest BCUT2D eigenvalue weighted by molar-refractivity contribution is 5.57. The Bertz CT molecular complexity index is 1150. The van der Waals surface area contributed by atoms with Gasteiger partial charge in [0.25, 0.3) is 0 Å². The number of hydrogen-bond donors (Lipinski definition) is 4. The molecular weight excluding hydrogens is 368 g/mol. The highest BCUT2D eigenvalue weighted by Gasteiger charge is 2.40. The van der Waals surface area contributed by atoms with Gasteiger partial charge in [-0.25, -0.2) is 0 Å². The highest BCUT2D eigenvalue weighted by atomic mass is 16.3. The molecule has 0 aliphatic heterocycles. The number of nitrogens with one attached hydrogen (secondary N) is 2. The smallest absolute Gasteiger partial charge is 0.181 e. The van der Waals surface area contributed by atoms with Gasteiger partial charge in [-0.3, -0.25) is 9.59 Å². The Balaban J connectivity index is 2.18. The van der Waals surface area contributed by atoms with Crippen molar-refractivity contribution < 1.29 is 10.2 Å². The summed E-state index contributed by atoms with van der Waals surface area (Å²) < 4.78 is 0. The van der Waals surface area contributed by atoms with Crippen LogP contribution in [0.5, 0.6) is 11.5 Å². The largest absolute Gasteiger partial charge is 0.508 e. The van der Waals surface area contributed by atoms with Crippen molar-refractivity contribution in [3.05, 3.63) is 128 Å². The third-order valence-electron chi connectivity index (χ3n) is 4.95. The van der Waals surface area contributed by atoms with Crippen LogP contribution < -0.4 is 10.9 Å². The number of H-pyrrole nitrogens is 2. The Morgan fingerprint density at radius 2 is 0.966 bits per heavy atom. The van der Waals surface area contributed by atoms with Gasteiger partial charge < -0.3 is 20.2 Å². The van der Waals surface area contributed by atoms with Crippen molar-refractivity contribution in [2.75, 3.05) is 0 Å². The molecule has 4 aromatic rings. The number of rotatable bonds is 4. The van der Waals surface area contributed by atoms with Gasteiger partial charge in [-0.2, -0.15) is 0 Å². The van der Waals surface area contributed by atoms with Crippen molar-refractivity contribution in [2.24, 2.45) is 0 Å². The van der Waals surface area contributed by atoms with Gasteiger partial charge in [0.05, 0.1) is 0 Å². The highest BCUT2D eigenvalue weighted by Crippen LogP contribution is 2.43. The van der Waals surface area contributed by atoms with Crippen molar-refractivity contribution in [3.8, 4) is 11.5 Å². The average Bonchev–Trinajstić information content (AvgIpc) is 2.71. The molecule has 6 nitrogen and oxygen atoms in total. The summed E-state index contributed by atoms with van der Waals surface area (Å²) in [6, 6.07) is 18.9. The molecule has 4 N–H and O–H groups in total. The first-order chi connectivity index (χ1) is 14.0. The van der Waals surface area contributed by atoms with E-state index in [9.17, 15) is 19.8 Å². The lowest BCUT2D eigenvalue weighted by Crippen LogP contribution is -2.34. The van der Waals surface area contributed by atoms with Gasteiger partial charge in [0, 0.05) is 48.0 Å². The molecule has 2 aromatic carbocycles. The van der Waals surface area contributed by atoms with Gasteiger partial charge in [0.15, 0.2) is 10.9 Å². The van der Waals surface area contributed by atoms with E-state index in [0.717, 1.165) is 0 Å². The van der Waals surface area contributed by atoms with Gasteiger partial charge in [0.1, 0.15) is 16.9 Å². The lowest BCUT2D eigenvalue weighted by molar-refractivity contribution is 0.474. The Labute approximate surface area is 165 Å². The first kappa shape index (κ1) is 18.3. The minimum Gasteiger partial charge on any atom is -0.508 e. The number of phenols is 2. The molecule has 0 atom stereocenters. The SMILES string of the molecule is O=c1cc[nH]c(C(c2ccc(O)cc2)(c2ccc(O)cc2)c2cc(=O)cc[nH]2)c1. The molecule has 0 saturated heterocycles. The zero-order valence-electron chi connectivity index (χ0n) is 15.3. The van der Waals surface area contributed by atoms with Gasteiger partial charge in [0.2, 0.25) is 0 Å². The molecule has 29 heavy (non-hydrogen) atoms. The number of pyridine rings is 2. The molecule has 2 heterocycles. The molecule has 0 aliphatic rings. The maximum absolute atomic E-state index is 12.2. The van der Waals surface area contributed by atoms with E-state index in [4.69, 9.17) is 0 Å². The fourth-order valence-corrected chi connectivity index (χ4v) is 3.68. The van der Waals surface area contributed by atoms with Crippen LogP contribution in [-0.4, -0.2) is 20.2 Å². The molecule has 0 spiro atoms. The van der Waals surface area contributed by atoms with Crippen molar-refractivity contribution in [2.45, 2.75) is 5.41 Å². The lowest BCUT2D eigenvalue weighted by Gasteiger charge is -2.35. The number of aromatic amines is 2. The molecule has 0 saturated carbocycles. The minimum absolute atomic E-state index is 0.0940. The second-order valence-corrected chi connectivity index (χ2v) is 6.72. The summed E-state index contributed by atoms with van der Waals surface area (Å²) in [6.07, 6.45) is 3.10. The van der Waals surface area contributed by atoms with Crippen LogP contribution >= 0.6 is 0 Å². The fourth-order valence-electron chi connectivity index (χ4n) is 3.68. The van der Waals surface area contributed by atoms with E-state index in [1.807, 2.05) is 0 Å². The van der Waals surface area contributed by atoms with E-state index in [2.05, 4.69) is 9.97 Å². The van der Waals surface area contributed by atoms with Gasteiger partial charge in [-0.15, -0.1) is 0 Å². The summed E-state index contributed by atoms with van der Waals surface area (Å²) in [5.74, 6) is 0.188. The van der Waals surface area contributed by atoms with Gasteiger partial charge in [-0.1, -0.05) is 24.3 Å². The Hall–Kier alpha value is -4.06. The molecule has 2 aromatic heterocycles. The third kappa shape index (κ3) is 3.21. The second kappa shape index (κ2) is 7.16. The van der Waals surface area contributed by atoms with E-state index >= 15 is 0 Å². The number of phenolic OH excluding ortho intramolecular Hbond substituents is 2. The van der Waals surface area contributed by atoms with Crippen LogP contribution in [0.3, 0.4) is 0 Å².